The van der Waals surface area contributed by atoms with E-state index in [0.717, 1.165) is 76.2 Å². The summed E-state index contributed by atoms with van der Waals surface area (Å²) in [6.07, 6.45) is 11.9. The average Bonchev–Trinajstić information content (AvgIpc) is 3.93. The lowest BCUT2D eigenvalue weighted by Crippen LogP contribution is -2.55. The molecule has 4 aliphatic rings. The molecule has 0 bridgehead atoms. The highest BCUT2D eigenvalue weighted by molar-refractivity contribution is 7.90. The Morgan fingerprint density at radius 1 is 1.02 bits per heavy atom. The quantitative estimate of drug-likeness (QED) is 0.0774. The van der Waals surface area contributed by atoms with Gasteiger partial charge in [-0.25, -0.2) is 22.5 Å². The number of rotatable bonds is 12. The van der Waals surface area contributed by atoms with Crippen molar-refractivity contribution in [1.29, 1.82) is 0 Å². The molecule has 2 aromatic heterocycles. The smallest absolute Gasteiger partial charge is 0.268 e. The van der Waals surface area contributed by atoms with E-state index in [0.29, 0.717) is 59.8 Å². The van der Waals surface area contributed by atoms with E-state index in [1.54, 1.807) is 18.3 Å². The lowest BCUT2D eigenvalue weighted by molar-refractivity contribution is -0.0228. The summed E-state index contributed by atoms with van der Waals surface area (Å²) in [5.41, 5.74) is 11.0. The Labute approximate surface area is 357 Å². The molecule has 3 aromatic carbocycles. The van der Waals surface area contributed by atoms with Crippen molar-refractivity contribution >= 4 is 44.0 Å². The van der Waals surface area contributed by atoms with Crippen molar-refractivity contribution in [2.24, 2.45) is 11.3 Å². The van der Waals surface area contributed by atoms with Crippen molar-refractivity contribution in [3.63, 3.8) is 0 Å². The summed E-state index contributed by atoms with van der Waals surface area (Å²) in [5, 5.41) is 7.47. The number of H-pyrrole nitrogens is 1. The highest BCUT2D eigenvalue weighted by atomic mass is 32.2. The van der Waals surface area contributed by atoms with Gasteiger partial charge in [0, 0.05) is 49.4 Å². The van der Waals surface area contributed by atoms with Crippen molar-refractivity contribution in [3.05, 3.63) is 102 Å². The van der Waals surface area contributed by atoms with Gasteiger partial charge in [-0.05, 0) is 136 Å². The number of benzene rings is 3. The third kappa shape index (κ3) is 8.54. The van der Waals surface area contributed by atoms with Gasteiger partial charge in [0.1, 0.15) is 23.0 Å². The van der Waals surface area contributed by atoms with Crippen molar-refractivity contribution in [1.82, 2.24) is 24.9 Å². The summed E-state index contributed by atoms with van der Waals surface area (Å²) in [7, 11) is -4.41. The molecule has 6 N–H and O–H groups in total. The number of amides is 1. The van der Waals surface area contributed by atoms with Gasteiger partial charge in [0.05, 0.1) is 33.7 Å². The number of piperidine rings is 2. The molecule has 3 saturated heterocycles. The van der Waals surface area contributed by atoms with E-state index in [4.69, 9.17) is 10.5 Å². The maximum absolute atomic E-state index is 16.3. The number of anilines is 3. The number of nitrogens with one attached hydrogen (secondary N) is 4. The van der Waals surface area contributed by atoms with Gasteiger partial charge in [-0.3, -0.25) is 9.69 Å². The molecule has 1 aliphatic carbocycles. The number of carbonyl (C=O) groups excluding carboxylic acids is 1. The Kier molecular flexibility index (Phi) is 11.4. The highest BCUT2D eigenvalue weighted by Gasteiger charge is 2.50. The number of ether oxygens (including phenoxy) is 1. The summed E-state index contributed by atoms with van der Waals surface area (Å²) >= 11 is 0. The molecule has 9 rings (SSSR count). The number of likely N-dealkylation sites (tertiary alicyclic amines) is 1. The molecule has 14 heteroatoms. The number of hydrogen-bond acceptors (Lipinski definition) is 10. The van der Waals surface area contributed by atoms with Crippen LogP contribution in [0.2, 0.25) is 0 Å². The molecular weight excluding hydrogens is 792 g/mol. The van der Waals surface area contributed by atoms with E-state index in [1.165, 1.54) is 48.4 Å². The molecule has 5 heterocycles. The van der Waals surface area contributed by atoms with Crippen molar-refractivity contribution < 1.29 is 22.3 Å². The van der Waals surface area contributed by atoms with E-state index >= 15 is 4.39 Å². The zero-order valence-electron chi connectivity index (χ0n) is 35.1. The predicted octanol–water partition coefficient (Wildman–Crippen LogP) is 8.32. The Morgan fingerprint density at radius 3 is 2.57 bits per heavy atom. The van der Waals surface area contributed by atoms with Crippen LogP contribution in [-0.2, 0) is 10.0 Å². The SMILES string of the molecule is CC(C)c1ccccc1C1CCCN1C1CC2(CCN(c3cc(Oc4cnc5[nH]ccc5c4)c(C(=O)NS(=O)(=O)c4ccc(NCC5CCNCC5)c(N)c4)cc3F)CC2)C1. The van der Waals surface area contributed by atoms with Crippen LogP contribution >= 0.6 is 0 Å². The van der Waals surface area contributed by atoms with Crippen LogP contribution in [0.1, 0.15) is 98.7 Å². The molecule has 61 heavy (non-hydrogen) atoms. The molecular formula is C47H57FN8O4S. The standard InChI is InChI=1S/C47H57FN8O4S/c1-30(2)36-6-3-4-7-37(36)42-8-5-19-56(42)33-26-47(27-33)14-20-55(21-15-47)43-25-44(60-34-22-32-13-18-51-45(32)53-29-34)38(24-39(43)48)46(57)54-61(58,59)35-9-10-41(40(49)23-35)52-28-31-11-16-50-17-12-31/h3-4,6-7,9-10,13,18,22-25,29-31,33,42,50,52H,5,8,11-12,14-17,19-21,26-28,49H2,1-2H3,(H,51,53)(H,54,57). The number of fused-ring (bicyclic) bond motifs is 1. The van der Waals surface area contributed by atoms with Gasteiger partial charge in [0.25, 0.3) is 15.9 Å². The first-order valence-electron chi connectivity index (χ1n) is 21.9. The molecule has 4 fully saturated rings. The molecule has 322 valence electrons. The van der Waals surface area contributed by atoms with E-state index < -0.39 is 21.7 Å². The summed E-state index contributed by atoms with van der Waals surface area (Å²) in [4.78, 5) is 25.9. The minimum Gasteiger partial charge on any atom is -0.455 e. The molecule has 1 spiro atoms. The molecule has 12 nitrogen and oxygen atoms in total. The molecule has 1 unspecified atom stereocenters. The van der Waals surface area contributed by atoms with Crippen LogP contribution in [0.4, 0.5) is 21.5 Å². The van der Waals surface area contributed by atoms with E-state index in [-0.39, 0.29) is 27.3 Å². The van der Waals surface area contributed by atoms with Crippen LogP contribution in [0.15, 0.2) is 84.0 Å². The Bertz CT molecular complexity index is 2510. The van der Waals surface area contributed by atoms with E-state index in [2.05, 4.69) is 68.3 Å². The maximum Gasteiger partial charge on any atom is 0.268 e. The van der Waals surface area contributed by atoms with Crippen LogP contribution in [0.25, 0.3) is 11.0 Å². The number of aromatic amines is 1. The summed E-state index contributed by atoms with van der Waals surface area (Å²) < 4.78 is 52.0. The summed E-state index contributed by atoms with van der Waals surface area (Å²) in [6.45, 7) is 9.64. The Balaban J connectivity index is 0.907. The van der Waals surface area contributed by atoms with Crippen LogP contribution in [0.3, 0.4) is 0 Å². The van der Waals surface area contributed by atoms with Crippen molar-refractivity contribution in [2.45, 2.75) is 88.1 Å². The Morgan fingerprint density at radius 2 is 1.80 bits per heavy atom. The third-order valence-corrected chi connectivity index (χ3v) is 15.1. The molecule has 3 aliphatic heterocycles. The highest BCUT2D eigenvalue weighted by Crippen LogP contribution is 2.54. The topological polar surface area (TPSA) is 158 Å². The maximum atomic E-state index is 16.3. The van der Waals surface area contributed by atoms with E-state index in [9.17, 15) is 13.2 Å². The fourth-order valence-electron chi connectivity index (χ4n) is 10.3. The minimum absolute atomic E-state index is 0.0171. The summed E-state index contributed by atoms with van der Waals surface area (Å²) in [6, 6.07) is 20.5. The van der Waals surface area contributed by atoms with Crippen LogP contribution in [0, 0.1) is 17.2 Å². The fraction of sp³-hybridized carbons (Fsp3) is 0.447. The van der Waals surface area contributed by atoms with Gasteiger partial charge in [-0.2, -0.15) is 0 Å². The minimum atomic E-state index is -4.41. The molecule has 1 amide bonds. The lowest BCUT2D eigenvalue weighted by Gasteiger charge is -2.56. The molecule has 5 aromatic rings. The second kappa shape index (κ2) is 16.9. The first-order chi connectivity index (χ1) is 29.4. The van der Waals surface area contributed by atoms with Gasteiger partial charge in [0.2, 0.25) is 0 Å². The number of carbonyl (C=O) groups is 1. The summed E-state index contributed by atoms with van der Waals surface area (Å²) in [5.74, 6) is -0.357. The van der Waals surface area contributed by atoms with Gasteiger partial charge in [-0.1, -0.05) is 38.1 Å². The van der Waals surface area contributed by atoms with Gasteiger partial charge in [0.15, 0.2) is 0 Å². The number of halogens is 1. The average molecular weight is 849 g/mol. The number of pyridine rings is 1. The first-order valence-corrected chi connectivity index (χ1v) is 23.4. The fourth-order valence-corrected chi connectivity index (χ4v) is 11.3. The monoisotopic (exact) mass is 848 g/mol. The van der Waals surface area contributed by atoms with Crippen LogP contribution in [-0.4, -0.2) is 74.5 Å². The number of nitrogens with zero attached hydrogens (tertiary/aromatic N) is 3. The number of sulfonamides is 1. The number of hydrogen-bond donors (Lipinski definition) is 5. The number of nitrogens with two attached hydrogens (primary N) is 1. The predicted molar refractivity (Wildman–Crippen MR) is 238 cm³/mol. The molecule has 1 saturated carbocycles. The van der Waals surface area contributed by atoms with Crippen molar-refractivity contribution in [2.75, 3.05) is 55.2 Å². The zero-order chi connectivity index (χ0) is 42.3. The molecule has 0 radical (unpaired) electrons. The van der Waals surface area contributed by atoms with E-state index in [1.807, 2.05) is 11.0 Å². The number of aromatic nitrogens is 2. The largest absolute Gasteiger partial charge is 0.455 e. The van der Waals surface area contributed by atoms with Crippen LogP contribution in [0.5, 0.6) is 11.5 Å². The van der Waals surface area contributed by atoms with Gasteiger partial charge >= 0.3 is 0 Å². The normalized spacial score (nSPS) is 20.0. The molecule has 1 atom stereocenters. The van der Waals surface area contributed by atoms with Gasteiger partial charge in [-0.15, -0.1) is 0 Å². The second-order valence-electron chi connectivity index (χ2n) is 18.0. The third-order valence-electron chi connectivity index (χ3n) is 13.7. The lowest BCUT2D eigenvalue weighted by atomic mass is 9.59. The number of nitrogen functional groups attached to an aromatic ring is 1. The van der Waals surface area contributed by atoms with Crippen molar-refractivity contribution in [3.8, 4) is 11.5 Å². The second-order valence-corrected chi connectivity index (χ2v) is 19.7. The van der Waals surface area contributed by atoms with Crippen LogP contribution < -0.4 is 30.7 Å². The zero-order valence-corrected chi connectivity index (χ0v) is 35.9. The van der Waals surface area contributed by atoms with Gasteiger partial charge < -0.3 is 31.0 Å². The first kappa shape index (κ1) is 41.2. The Hall–Kier alpha value is -5.18.